The Morgan fingerprint density at radius 1 is 0.850 bits per heavy atom. The molecule has 20 heavy (non-hydrogen) atoms. The maximum absolute atomic E-state index is 2.43. The number of aromatic nitrogens is 2. The zero-order valence-corrected chi connectivity index (χ0v) is 14.0. The minimum atomic E-state index is 1.19. The van der Waals surface area contributed by atoms with E-state index in [2.05, 4.69) is 42.3 Å². The van der Waals surface area contributed by atoms with Gasteiger partial charge in [-0.1, -0.05) is 52.4 Å². The van der Waals surface area contributed by atoms with Gasteiger partial charge in [-0.25, -0.2) is 9.13 Å². The van der Waals surface area contributed by atoms with Crippen molar-refractivity contribution in [3.8, 4) is 0 Å². The molecule has 0 aliphatic heterocycles. The molecule has 0 radical (unpaired) electrons. The molecule has 1 aromatic rings. The summed E-state index contributed by atoms with van der Waals surface area (Å²) in [7, 11) is 0. The van der Waals surface area contributed by atoms with Gasteiger partial charge in [0, 0.05) is 6.92 Å². The van der Waals surface area contributed by atoms with Crippen molar-refractivity contribution in [1.29, 1.82) is 0 Å². The quantitative estimate of drug-likeness (QED) is 0.375. The second-order valence-corrected chi connectivity index (χ2v) is 6.06. The van der Waals surface area contributed by atoms with Gasteiger partial charge < -0.3 is 0 Å². The van der Waals surface area contributed by atoms with Gasteiger partial charge in [-0.3, -0.25) is 0 Å². The molecule has 1 heterocycles. The van der Waals surface area contributed by atoms with E-state index in [9.17, 15) is 0 Å². The highest BCUT2D eigenvalue weighted by Crippen LogP contribution is 2.06. The molecule has 0 N–H and O–H groups in total. The summed E-state index contributed by atoms with van der Waals surface area (Å²) in [5, 5.41) is 0. The highest BCUT2D eigenvalue weighted by Gasteiger charge is 2.10. The van der Waals surface area contributed by atoms with Crippen LogP contribution < -0.4 is 4.57 Å². The van der Waals surface area contributed by atoms with Crippen molar-refractivity contribution in [2.75, 3.05) is 0 Å². The van der Waals surface area contributed by atoms with Crippen molar-refractivity contribution in [2.24, 2.45) is 0 Å². The van der Waals surface area contributed by atoms with E-state index < -0.39 is 0 Å². The minimum Gasteiger partial charge on any atom is -0.234 e. The number of nitrogens with zero attached hydrogens (tertiary/aromatic N) is 2. The third kappa shape index (κ3) is 6.58. The predicted octanol–water partition coefficient (Wildman–Crippen LogP) is 5.02. The van der Waals surface area contributed by atoms with E-state index in [1.807, 2.05) is 0 Å². The first-order valence-corrected chi connectivity index (χ1v) is 8.84. The monoisotopic (exact) mass is 279 g/mol. The average Bonchev–Trinajstić information content (AvgIpc) is 2.80. The fourth-order valence-corrected chi connectivity index (χ4v) is 2.79. The van der Waals surface area contributed by atoms with Crippen LogP contribution in [0.25, 0.3) is 0 Å². The average molecular weight is 279 g/mol. The van der Waals surface area contributed by atoms with Crippen molar-refractivity contribution in [3.05, 3.63) is 18.2 Å². The van der Waals surface area contributed by atoms with Gasteiger partial charge in [0.05, 0.1) is 13.1 Å². The number of unbranched alkanes of at least 4 members (excludes halogenated alkanes) is 8. The molecule has 116 valence electrons. The summed E-state index contributed by atoms with van der Waals surface area (Å²) in [6, 6.07) is 0. The Kier molecular flexibility index (Phi) is 9.44. The van der Waals surface area contributed by atoms with Crippen molar-refractivity contribution < 1.29 is 4.57 Å². The summed E-state index contributed by atoms with van der Waals surface area (Å²) in [6.45, 7) is 9.20. The lowest BCUT2D eigenvalue weighted by Crippen LogP contribution is -2.35. The summed E-state index contributed by atoms with van der Waals surface area (Å²) in [5.74, 6) is 1.43. The molecule has 0 aromatic carbocycles. The third-order valence-corrected chi connectivity index (χ3v) is 4.26. The van der Waals surface area contributed by atoms with E-state index in [1.165, 1.54) is 83.1 Å². The molecule has 0 amide bonds. The lowest BCUT2D eigenvalue weighted by atomic mass is 10.1. The van der Waals surface area contributed by atoms with Crippen LogP contribution in [0, 0.1) is 6.92 Å². The Hall–Kier alpha value is -0.790. The van der Waals surface area contributed by atoms with E-state index in [1.54, 1.807) is 0 Å². The van der Waals surface area contributed by atoms with Gasteiger partial charge >= 0.3 is 0 Å². The Balaban J connectivity index is 2.22. The van der Waals surface area contributed by atoms with Crippen LogP contribution in [0.1, 0.15) is 83.9 Å². The maximum Gasteiger partial charge on any atom is 0.253 e. The summed E-state index contributed by atoms with van der Waals surface area (Å²) in [5.41, 5.74) is 0. The van der Waals surface area contributed by atoms with E-state index in [0.29, 0.717) is 0 Å². The molecular formula is C18H35N2+. The molecule has 2 nitrogen and oxygen atoms in total. The molecule has 0 fully saturated rings. The summed E-state index contributed by atoms with van der Waals surface area (Å²) in [6.07, 6.45) is 18.2. The van der Waals surface area contributed by atoms with Crippen LogP contribution in [-0.4, -0.2) is 4.57 Å². The molecule has 0 aliphatic carbocycles. The van der Waals surface area contributed by atoms with Crippen molar-refractivity contribution in [3.63, 3.8) is 0 Å². The van der Waals surface area contributed by atoms with Gasteiger partial charge in [-0.2, -0.15) is 0 Å². The van der Waals surface area contributed by atoms with Crippen LogP contribution in [0.2, 0.25) is 0 Å². The third-order valence-electron chi connectivity index (χ3n) is 4.26. The molecule has 0 unspecified atom stereocenters. The van der Waals surface area contributed by atoms with Crippen LogP contribution >= 0.6 is 0 Å². The highest BCUT2D eigenvalue weighted by atomic mass is 15.1. The number of rotatable bonds is 12. The van der Waals surface area contributed by atoms with Gasteiger partial charge in [-0.15, -0.1) is 0 Å². The van der Waals surface area contributed by atoms with E-state index >= 15 is 0 Å². The molecule has 1 rings (SSSR count). The second-order valence-electron chi connectivity index (χ2n) is 6.06. The Bertz CT molecular complexity index is 310. The summed E-state index contributed by atoms with van der Waals surface area (Å²) < 4.78 is 4.86. The smallest absolute Gasteiger partial charge is 0.234 e. The molecule has 0 saturated heterocycles. The van der Waals surface area contributed by atoms with Crippen molar-refractivity contribution in [2.45, 2.75) is 98.1 Å². The number of aryl methyl sites for hydroxylation is 2. The Labute approximate surface area is 126 Å². The van der Waals surface area contributed by atoms with Crippen molar-refractivity contribution >= 4 is 0 Å². The molecule has 2 heteroatoms. The maximum atomic E-state index is 2.43. The standard InChI is InChI=1S/C18H35N2/c1-4-6-8-10-12-14-19-16-17-20(18(19)3)15-13-11-9-7-5-2/h16-17H,4-15H2,1-3H3/q+1. The second kappa shape index (κ2) is 10.9. The first-order valence-electron chi connectivity index (χ1n) is 8.84. The highest BCUT2D eigenvalue weighted by molar-refractivity contribution is 4.79. The fourth-order valence-electron chi connectivity index (χ4n) is 2.79. The fraction of sp³-hybridized carbons (Fsp3) is 0.833. The Morgan fingerprint density at radius 2 is 1.45 bits per heavy atom. The number of imidazole rings is 1. The molecule has 1 aromatic heterocycles. The Morgan fingerprint density at radius 3 is 2.10 bits per heavy atom. The van der Waals surface area contributed by atoms with Crippen LogP contribution in [-0.2, 0) is 13.1 Å². The SMILES string of the molecule is CCCCCCCn1cc[n+](CCCCCCC)c1C. The molecule has 0 spiro atoms. The zero-order chi connectivity index (χ0) is 14.6. The van der Waals surface area contributed by atoms with E-state index in [0.717, 1.165) is 0 Å². The van der Waals surface area contributed by atoms with Gasteiger partial charge in [0.15, 0.2) is 0 Å². The first kappa shape index (κ1) is 17.3. The zero-order valence-electron chi connectivity index (χ0n) is 14.0. The molecule has 0 atom stereocenters. The number of hydrogen-bond acceptors (Lipinski definition) is 0. The molecule has 0 bridgehead atoms. The van der Waals surface area contributed by atoms with Crippen molar-refractivity contribution in [1.82, 2.24) is 4.57 Å². The van der Waals surface area contributed by atoms with Gasteiger partial charge in [-0.05, 0) is 25.7 Å². The first-order chi connectivity index (χ1) is 9.79. The van der Waals surface area contributed by atoms with Crippen LogP contribution in [0.15, 0.2) is 12.4 Å². The van der Waals surface area contributed by atoms with Crippen LogP contribution in [0.4, 0.5) is 0 Å². The van der Waals surface area contributed by atoms with Gasteiger partial charge in [0.25, 0.3) is 5.82 Å². The molecular weight excluding hydrogens is 244 g/mol. The van der Waals surface area contributed by atoms with Gasteiger partial charge in [0.1, 0.15) is 12.4 Å². The number of hydrogen-bond donors (Lipinski definition) is 0. The van der Waals surface area contributed by atoms with Gasteiger partial charge in [0.2, 0.25) is 0 Å². The topological polar surface area (TPSA) is 8.81 Å². The molecule has 0 aliphatic rings. The van der Waals surface area contributed by atoms with Crippen LogP contribution in [0.5, 0.6) is 0 Å². The van der Waals surface area contributed by atoms with E-state index in [4.69, 9.17) is 0 Å². The largest absolute Gasteiger partial charge is 0.253 e. The molecule has 0 saturated carbocycles. The lowest BCUT2D eigenvalue weighted by Gasteiger charge is -2.02. The summed E-state index contributed by atoms with van der Waals surface area (Å²) >= 11 is 0. The van der Waals surface area contributed by atoms with E-state index in [-0.39, 0.29) is 0 Å². The van der Waals surface area contributed by atoms with Crippen LogP contribution in [0.3, 0.4) is 0 Å². The predicted molar refractivity (Wildman–Crippen MR) is 86.9 cm³/mol. The summed E-state index contributed by atoms with van der Waals surface area (Å²) in [4.78, 5) is 0. The normalized spacial score (nSPS) is 11.2. The minimum absolute atomic E-state index is 1.19. The lowest BCUT2D eigenvalue weighted by molar-refractivity contribution is -0.702.